The number of aliphatic carboxylic acids is 2. The van der Waals surface area contributed by atoms with Gasteiger partial charge in [-0.25, -0.2) is 19.2 Å². The molecule has 0 amide bonds. The van der Waals surface area contributed by atoms with E-state index in [-0.39, 0.29) is 29.7 Å². The number of rotatable bonds is 6. The number of alkyl halides is 3. The average molecular weight is 619 g/mol. The first kappa shape index (κ1) is 32.0. The van der Waals surface area contributed by atoms with Gasteiger partial charge in [0.15, 0.2) is 35.9 Å². The molecule has 17 heteroatoms. The summed E-state index contributed by atoms with van der Waals surface area (Å²) in [6.45, 7) is 1.80. The molecule has 5 rings (SSSR count). The van der Waals surface area contributed by atoms with Gasteiger partial charge in [-0.3, -0.25) is 0 Å². The largest absolute Gasteiger partial charge is 0.504 e. The predicted molar refractivity (Wildman–Crippen MR) is 132 cm³/mol. The van der Waals surface area contributed by atoms with Crippen LogP contribution in [0.25, 0.3) is 0 Å². The van der Waals surface area contributed by atoms with E-state index in [4.69, 9.17) is 29.2 Å². The molecular formula is C26H28F3NO13. The van der Waals surface area contributed by atoms with Gasteiger partial charge < -0.3 is 49.7 Å². The molecule has 43 heavy (non-hydrogen) atoms. The maximum Gasteiger partial charge on any atom is 0.490 e. The lowest BCUT2D eigenvalue weighted by molar-refractivity contribution is -0.192. The molecule has 2 aliphatic heterocycles. The Balaban J connectivity index is 0.000000541. The summed E-state index contributed by atoms with van der Waals surface area (Å²) in [5, 5.41) is 57.4. The molecule has 4 aliphatic rings. The zero-order valence-corrected chi connectivity index (χ0v) is 22.6. The minimum atomic E-state index is -5.08. The lowest BCUT2D eigenvalue weighted by Gasteiger charge is -2.61. The third kappa shape index (κ3) is 5.15. The van der Waals surface area contributed by atoms with Crippen molar-refractivity contribution in [3.63, 3.8) is 0 Å². The van der Waals surface area contributed by atoms with Gasteiger partial charge >= 0.3 is 30.1 Å². The zero-order chi connectivity index (χ0) is 32.2. The van der Waals surface area contributed by atoms with Crippen LogP contribution in [-0.4, -0.2) is 115 Å². The Morgan fingerprint density at radius 1 is 1.12 bits per heavy atom. The molecule has 236 valence electrons. The number of hydrogen-bond acceptors (Lipinski definition) is 12. The number of aliphatic hydroxyl groups excluding tert-OH is 2. The fourth-order valence-electron chi connectivity index (χ4n) is 6.19. The Morgan fingerprint density at radius 2 is 1.74 bits per heavy atom. The highest BCUT2D eigenvalue weighted by atomic mass is 19.4. The molecule has 1 aromatic rings. The first-order chi connectivity index (χ1) is 19.9. The molecule has 1 spiro atoms. The molecule has 2 bridgehead atoms. The number of benzene rings is 1. The Hall–Kier alpha value is -3.93. The fourth-order valence-corrected chi connectivity index (χ4v) is 6.19. The second-order valence-electron chi connectivity index (χ2n) is 10.6. The molecule has 0 radical (unpaired) electrons. The van der Waals surface area contributed by atoms with Gasteiger partial charge in [-0.1, -0.05) is 6.07 Å². The highest BCUT2D eigenvalue weighted by Crippen LogP contribution is 2.65. The van der Waals surface area contributed by atoms with Crippen molar-refractivity contribution in [2.45, 2.75) is 73.8 Å². The van der Waals surface area contributed by atoms with Crippen LogP contribution in [0, 0.1) is 0 Å². The number of nitrogens with zero attached hydrogens (tertiary/aromatic N) is 1. The SMILES string of the molecule is CC(OC(=O)C(O)C(O)C(=O)O)C(=O)OC1=CC[C@@]2(O)[C@H]3Cc4ccc(O)c5c4[C@@]2(CCN3C)[C@H]1O5.O=C(O)C(F)(F)F. The Kier molecular flexibility index (Phi) is 8.16. The lowest BCUT2D eigenvalue weighted by atomic mass is 9.50. The third-order valence-corrected chi connectivity index (χ3v) is 8.23. The second-order valence-corrected chi connectivity index (χ2v) is 10.6. The number of esters is 2. The summed E-state index contributed by atoms with van der Waals surface area (Å²) >= 11 is 0. The Bertz CT molecular complexity index is 1380. The van der Waals surface area contributed by atoms with Crippen molar-refractivity contribution < 1.29 is 77.2 Å². The van der Waals surface area contributed by atoms with E-state index < -0.39 is 65.5 Å². The minimum absolute atomic E-state index is 0.0868. The van der Waals surface area contributed by atoms with E-state index in [0.29, 0.717) is 24.9 Å². The van der Waals surface area contributed by atoms with Crippen molar-refractivity contribution in [2.24, 2.45) is 0 Å². The Labute approximate surface area is 240 Å². The topological polar surface area (TPSA) is 221 Å². The van der Waals surface area contributed by atoms with E-state index in [2.05, 4.69) is 4.90 Å². The molecule has 3 unspecified atom stereocenters. The number of carboxylic acid groups (broad SMARTS) is 2. The van der Waals surface area contributed by atoms with Crippen molar-refractivity contribution in [2.75, 3.05) is 13.6 Å². The number of carbonyl (C=O) groups is 4. The van der Waals surface area contributed by atoms with E-state index in [1.165, 1.54) is 13.0 Å². The summed E-state index contributed by atoms with van der Waals surface area (Å²) in [5.74, 6) is -6.89. The van der Waals surface area contributed by atoms with Gasteiger partial charge in [0.2, 0.25) is 0 Å². The predicted octanol–water partition coefficient (Wildman–Crippen LogP) is -0.415. The summed E-state index contributed by atoms with van der Waals surface area (Å²) in [5.41, 5.74) is -0.571. The van der Waals surface area contributed by atoms with Crippen molar-refractivity contribution in [3.8, 4) is 11.5 Å². The number of likely N-dealkylation sites (tertiary alicyclic amines) is 1. The highest BCUT2D eigenvalue weighted by Gasteiger charge is 2.72. The number of halogens is 3. The normalized spacial score (nSPS) is 28.9. The van der Waals surface area contributed by atoms with Crippen LogP contribution in [0.5, 0.6) is 11.5 Å². The standard InChI is InChI=1S/C24H27NO11.C2HF3O2/c1-10(34-22(32)17(28)16(27)20(29)30)21(31)35-13-5-6-24(33)14-9-11-3-4-12(26)18-15(11)23(24,19(13)36-18)7-8-25(14)2;3-2(4,5)1(6)7/h3-5,10,14,16-17,19,26-28,33H,6-9H2,1-2H3,(H,29,30);(H,6,7)/t10?,14-,16?,17?,19+,23+,24-;/m1./s1. The summed E-state index contributed by atoms with van der Waals surface area (Å²) in [7, 11) is 1.94. The first-order valence-electron chi connectivity index (χ1n) is 12.8. The van der Waals surface area contributed by atoms with Crippen LogP contribution in [0.3, 0.4) is 0 Å². The maximum absolute atomic E-state index is 12.8. The molecule has 7 atom stereocenters. The molecule has 1 aromatic carbocycles. The first-order valence-corrected chi connectivity index (χ1v) is 12.8. The van der Waals surface area contributed by atoms with Gasteiger partial charge in [-0.05, 0) is 51.1 Å². The molecule has 1 saturated heterocycles. The molecule has 0 saturated carbocycles. The third-order valence-electron chi connectivity index (χ3n) is 8.23. The molecule has 14 nitrogen and oxygen atoms in total. The van der Waals surface area contributed by atoms with Crippen molar-refractivity contribution in [1.29, 1.82) is 0 Å². The number of aliphatic hydroxyl groups is 3. The van der Waals surface area contributed by atoms with Crippen molar-refractivity contribution >= 4 is 23.9 Å². The van der Waals surface area contributed by atoms with E-state index in [1.807, 2.05) is 13.1 Å². The minimum Gasteiger partial charge on any atom is -0.504 e. The average Bonchev–Trinajstić information content (AvgIpc) is 3.28. The smallest absolute Gasteiger partial charge is 0.490 e. The van der Waals surface area contributed by atoms with Crippen LogP contribution >= 0.6 is 0 Å². The van der Waals surface area contributed by atoms with E-state index in [0.717, 1.165) is 5.56 Å². The van der Waals surface area contributed by atoms with Crippen LogP contribution in [0.4, 0.5) is 13.2 Å². The molecule has 2 heterocycles. The summed E-state index contributed by atoms with van der Waals surface area (Å²) in [4.78, 5) is 46.5. The molecule has 0 aromatic heterocycles. The maximum atomic E-state index is 12.8. The van der Waals surface area contributed by atoms with Crippen LogP contribution in [0.2, 0.25) is 0 Å². The number of piperidine rings is 1. The number of carbonyl (C=O) groups excluding carboxylic acids is 2. The highest BCUT2D eigenvalue weighted by molar-refractivity contribution is 5.86. The van der Waals surface area contributed by atoms with E-state index >= 15 is 0 Å². The number of ether oxygens (including phenoxy) is 3. The number of phenolic OH excluding ortho intramolecular Hbond substituents is 1. The van der Waals surface area contributed by atoms with Gasteiger partial charge in [0.05, 0.1) is 11.0 Å². The number of hydrogen-bond donors (Lipinski definition) is 6. The fraction of sp³-hybridized carbons (Fsp3) is 0.538. The number of carboxylic acids is 2. The van der Waals surface area contributed by atoms with Crippen LogP contribution < -0.4 is 4.74 Å². The van der Waals surface area contributed by atoms with Gasteiger partial charge in [0.25, 0.3) is 0 Å². The second kappa shape index (κ2) is 11.0. The summed E-state index contributed by atoms with van der Waals surface area (Å²) < 4.78 is 48.2. The van der Waals surface area contributed by atoms with Gasteiger partial charge in [-0.15, -0.1) is 0 Å². The van der Waals surface area contributed by atoms with Crippen LogP contribution in [0.1, 0.15) is 30.9 Å². The van der Waals surface area contributed by atoms with Crippen LogP contribution in [0.15, 0.2) is 24.0 Å². The molecular weight excluding hydrogens is 591 g/mol. The van der Waals surface area contributed by atoms with Crippen LogP contribution in [-0.2, 0) is 40.5 Å². The quantitative estimate of drug-likeness (QED) is 0.223. The number of phenols is 1. The number of aromatic hydroxyl groups is 1. The monoisotopic (exact) mass is 619 g/mol. The van der Waals surface area contributed by atoms with Gasteiger partial charge in [-0.2, -0.15) is 13.2 Å². The van der Waals surface area contributed by atoms with Gasteiger partial charge in [0, 0.05) is 18.0 Å². The van der Waals surface area contributed by atoms with Crippen molar-refractivity contribution in [1.82, 2.24) is 4.90 Å². The molecule has 1 fully saturated rings. The molecule has 2 aliphatic carbocycles. The molecule has 6 N–H and O–H groups in total. The van der Waals surface area contributed by atoms with Crippen molar-refractivity contribution in [3.05, 3.63) is 35.1 Å². The van der Waals surface area contributed by atoms with E-state index in [1.54, 1.807) is 6.08 Å². The number of likely N-dealkylation sites (N-methyl/N-ethyl adjacent to an activating group) is 1. The van der Waals surface area contributed by atoms with Gasteiger partial charge in [0.1, 0.15) is 5.76 Å². The van der Waals surface area contributed by atoms with E-state index in [9.17, 15) is 48.0 Å². The summed E-state index contributed by atoms with van der Waals surface area (Å²) in [6.07, 6.45) is -9.65. The zero-order valence-electron chi connectivity index (χ0n) is 22.6. The summed E-state index contributed by atoms with van der Waals surface area (Å²) in [6, 6.07) is 3.13. The Morgan fingerprint density at radius 3 is 2.33 bits per heavy atom. The lowest BCUT2D eigenvalue weighted by Crippen LogP contribution is -2.74.